The van der Waals surface area contributed by atoms with Crippen molar-refractivity contribution >= 4 is 16.0 Å². The highest BCUT2D eigenvalue weighted by atomic mass is 32.2. The molecule has 1 aromatic rings. The molecule has 28 heavy (non-hydrogen) atoms. The maximum Gasteiger partial charge on any atom is 0.417 e. The van der Waals surface area contributed by atoms with Crippen LogP contribution in [0, 0.1) is 0 Å². The average Bonchev–Trinajstić information content (AvgIpc) is 3.05. The lowest BCUT2D eigenvalue weighted by atomic mass is 10.1. The molecule has 2 N–H and O–H groups in total. The van der Waals surface area contributed by atoms with Gasteiger partial charge in [-0.1, -0.05) is 6.58 Å². The summed E-state index contributed by atoms with van der Waals surface area (Å²) < 4.78 is 76.2. The molecule has 0 atom stereocenters. The third-order valence-corrected chi connectivity index (χ3v) is 4.99. The summed E-state index contributed by atoms with van der Waals surface area (Å²) in [5, 5.41) is 8.87. The Morgan fingerprint density at radius 3 is 2.54 bits per heavy atom. The first-order chi connectivity index (χ1) is 13.0. The van der Waals surface area contributed by atoms with Crippen LogP contribution in [0.5, 0.6) is 0 Å². The van der Waals surface area contributed by atoms with Crippen molar-refractivity contribution in [2.45, 2.75) is 18.0 Å². The van der Waals surface area contributed by atoms with Gasteiger partial charge in [0.05, 0.1) is 16.0 Å². The lowest BCUT2D eigenvalue weighted by molar-refractivity contribution is -0.138. The molecular formula is C17H16F3NO6S. The number of sulfonamides is 1. The summed E-state index contributed by atoms with van der Waals surface area (Å²) in [6.07, 6.45) is -1.96. The number of hydrogen-bond donors (Lipinski definition) is 2. The minimum Gasteiger partial charge on any atom is -0.478 e. The monoisotopic (exact) mass is 419 g/mol. The average molecular weight is 419 g/mol. The molecule has 0 bridgehead atoms. The van der Waals surface area contributed by atoms with Gasteiger partial charge in [0.15, 0.2) is 11.5 Å². The summed E-state index contributed by atoms with van der Waals surface area (Å²) in [6.45, 7) is 5.05. The number of halogens is 3. The van der Waals surface area contributed by atoms with E-state index in [2.05, 4.69) is 11.3 Å². The lowest BCUT2D eigenvalue weighted by Crippen LogP contribution is -2.26. The summed E-state index contributed by atoms with van der Waals surface area (Å²) in [4.78, 5) is 10.2. The molecule has 0 radical (unpaired) electrons. The van der Waals surface area contributed by atoms with E-state index in [0.717, 1.165) is 6.07 Å². The summed E-state index contributed by atoms with van der Waals surface area (Å²) >= 11 is 0. The zero-order valence-corrected chi connectivity index (χ0v) is 15.4. The molecule has 0 aromatic heterocycles. The van der Waals surface area contributed by atoms with E-state index in [1.165, 1.54) is 6.08 Å². The Hall–Kier alpha value is -2.79. The van der Waals surface area contributed by atoms with Crippen molar-refractivity contribution in [3.05, 3.63) is 65.1 Å². The Labute approximate surface area is 158 Å². The van der Waals surface area contributed by atoms with Gasteiger partial charge in [0, 0.05) is 6.54 Å². The largest absolute Gasteiger partial charge is 0.478 e. The molecule has 1 fully saturated rings. The number of aromatic carboxylic acids is 1. The highest BCUT2D eigenvalue weighted by Crippen LogP contribution is 2.33. The third kappa shape index (κ3) is 4.93. The van der Waals surface area contributed by atoms with E-state index in [9.17, 15) is 26.4 Å². The quantitative estimate of drug-likeness (QED) is 0.735. The number of carboxylic acids is 1. The second-order valence-electron chi connectivity index (χ2n) is 5.56. The Morgan fingerprint density at radius 1 is 1.32 bits per heavy atom. The third-order valence-electron chi connectivity index (χ3n) is 3.60. The summed E-state index contributed by atoms with van der Waals surface area (Å²) in [7, 11) is -4.35. The fourth-order valence-corrected chi connectivity index (χ4v) is 3.32. The minimum atomic E-state index is -5.03. The molecule has 1 saturated heterocycles. The van der Waals surface area contributed by atoms with E-state index >= 15 is 0 Å². The molecule has 152 valence electrons. The van der Waals surface area contributed by atoms with Crippen molar-refractivity contribution in [2.24, 2.45) is 0 Å². The molecule has 1 aliphatic heterocycles. The van der Waals surface area contributed by atoms with Crippen LogP contribution in [0.4, 0.5) is 13.2 Å². The summed E-state index contributed by atoms with van der Waals surface area (Å²) in [5.41, 5.74) is -2.34. The maximum atomic E-state index is 13.1. The van der Waals surface area contributed by atoms with Gasteiger partial charge in [-0.05, 0) is 42.8 Å². The van der Waals surface area contributed by atoms with Gasteiger partial charge in [0.2, 0.25) is 16.8 Å². The van der Waals surface area contributed by atoms with Crippen molar-refractivity contribution in [2.75, 3.05) is 13.3 Å². The van der Waals surface area contributed by atoms with Crippen LogP contribution in [0.15, 0.2) is 58.9 Å². The first-order valence-electron chi connectivity index (χ1n) is 7.71. The van der Waals surface area contributed by atoms with Gasteiger partial charge in [-0.2, -0.15) is 13.2 Å². The number of ether oxygens (including phenoxy) is 2. The Kier molecular flexibility index (Phi) is 6.20. The van der Waals surface area contributed by atoms with Crippen LogP contribution in [0.25, 0.3) is 0 Å². The predicted octanol–water partition coefficient (Wildman–Crippen LogP) is 3.03. The summed E-state index contributed by atoms with van der Waals surface area (Å²) in [6, 6.07) is 1.66. The van der Waals surface area contributed by atoms with Gasteiger partial charge >= 0.3 is 12.1 Å². The van der Waals surface area contributed by atoms with Crippen molar-refractivity contribution < 1.29 is 41.0 Å². The molecule has 1 aromatic carbocycles. The van der Waals surface area contributed by atoms with Crippen LogP contribution in [-0.4, -0.2) is 32.8 Å². The first-order valence-corrected chi connectivity index (χ1v) is 9.20. The molecule has 1 heterocycles. The molecule has 0 aliphatic carbocycles. The smallest absolute Gasteiger partial charge is 0.417 e. The molecule has 7 nitrogen and oxygen atoms in total. The highest BCUT2D eigenvalue weighted by molar-refractivity contribution is 7.89. The Bertz CT molecular complexity index is 964. The van der Waals surface area contributed by atoms with E-state index in [-0.39, 0.29) is 25.0 Å². The Balaban J connectivity index is 2.22. The molecule has 0 saturated carbocycles. The second kappa shape index (κ2) is 8.07. The summed E-state index contributed by atoms with van der Waals surface area (Å²) in [5.74, 6) is -1.03. The maximum absolute atomic E-state index is 13.1. The lowest BCUT2D eigenvalue weighted by Gasteiger charge is -2.13. The molecule has 11 heteroatoms. The number of rotatable bonds is 6. The van der Waals surface area contributed by atoms with Crippen LogP contribution in [-0.2, 0) is 25.7 Å². The molecule has 0 spiro atoms. The van der Waals surface area contributed by atoms with Crippen molar-refractivity contribution in [1.29, 1.82) is 0 Å². The van der Waals surface area contributed by atoms with Gasteiger partial charge in [-0.3, -0.25) is 0 Å². The number of benzene rings is 1. The number of carboxylic acid groups (broad SMARTS) is 1. The van der Waals surface area contributed by atoms with Crippen LogP contribution in [0.1, 0.15) is 22.8 Å². The fourth-order valence-electron chi connectivity index (χ4n) is 2.26. The highest BCUT2D eigenvalue weighted by Gasteiger charge is 2.36. The normalized spacial score (nSPS) is 17.4. The van der Waals surface area contributed by atoms with Crippen LogP contribution < -0.4 is 4.72 Å². The minimum absolute atomic E-state index is 0.000654. The molecule has 0 unspecified atom stereocenters. The number of allylic oxidation sites excluding steroid dienone is 1. The van der Waals surface area contributed by atoms with Crippen LogP contribution in [0.3, 0.4) is 0 Å². The SMILES string of the molecule is C=C(/C=C1/OCO/C1=C/C)CNS(=O)(=O)c1ccc(C(=O)O)c(C(F)(F)F)c1. The van der Waals surface area contributed by atoms with E-state index < -0.39 is 38.2 Å². The topological polar surface area (TPSA) is 102 Å². The van der Waals surface area contributed by atoms with Gasteiger partial charge in [-0.25, -0.2) is 17.9 Å². The molecule has 0 amide bonds. The van der Waals surface area contributed by atoms with E-state index in [4.69, 9.17) is 14.6 Å². The van der Waals surface area contributed by atoms with E-state index in [0.29, 0.717) is 17.6 Å². The number of carbonyl (C=O) groups is 1. The predicted molar refractivity (Wildman–Crippen MR) is 91.6 cm³/mol. The van der Waals surface area contributed by atoms with Crippen molar-refractivity contribution in [1.82, 2.24) is 4.72 Å². The second-order valence-corrected chi connectivity index (χ2v) is 7.33. The van der Waals surface area contributed by atoms with Crippen molar-refractivity contribution in [3.63, 3.8) is 0 Å². The van der Waals surface area contributed by atoms with Crippen LogP contribution >= 0.6 is 0 Å². The van der Waals surface area contributed by atoms with E-state index in [1.807, 2.05) is 0 Å². The molecule has 1 aliphatic rings. The Morgan fingerprint density at radius 2 is 1.96 bits per heavy atom. The number of alkyl halides is 3. The number of nitrogens with one attached hydrogen (secondary N) is 1. The molecule has 2 rings (SSSR count). The molecular weight excluding hydrogens is 403 g/mol. The van der Waals surface area contributed by atoms with Crippen LogP contribution in [0.2, 0.25) is 0 Å². The van der Waals surface area contributed by atoms with E-state index in [1.54, 1.807) is 13.0 Å². The van der Waals surface area contributed by atoms with Gasteiger partial charge in [0.1, 0.15) is 0 Å². The zero-order valence-electron chi connectivity index (χ0n) is 14.5. The fraction of sp³-hybridized carbons (Fsp3) is 0.235. The van der Waals surface area contributed by atoms with Gasteiger partial charge in [-0.15, -0.1) is 0 Å². The first kappa shape index (κ1) is 21.5. The van der Waals surface area contributed by atoms with Crippen molar-refractivity contribution in [3.8, 4) is 0 Å². The van der Waals surface area contributed by atoms with Gasteiger partial charge < -0.3 is 14.6 Å². The zero-order chi connectivity index (χ0) is 21.1. The number of hydrogen-bond acceptors (Lipinski definition) is 5. The standard InChI is InChI=1S/C17H16F3NO6S/c1-3-14-15(27-9-26-14)6-10(2)8-21-28(24,25)11-4-5-12(16(22)23)13(7-11)17(18,19)20/h3-7,21H,2,8-9H2,1H3,(H,22,23)/b14-3+,15-6+. The van der Waals surface area contributed by atoms with Gasteiger partial charge in [0.25, 0.3) is 0 Å².